The Bertz CT molecular complexity index is 1990. The molecule has 1 aromatic carbocycles. The molecule has 4 N–H and O–H groups in total. The Kier molecular flexibility index (Phi) is 23.2. The van der Waals surface area contributed by atoms with Crippen LogP contribution >= 0.6 is 23.2 Å². The van der Waals surface area contributed by atoms with Crippen molar-refractivity contribution in [1.82, 2.24) is 40.9 Å². The van der Waals surface area contributed by atoms with E-state index in [2.05, 4.69) is 26.2 Å². The van der Waals surface area contributed by atoms with Crippen LogP contribution in [-0.2, 0) is 44.7 Å². The first-order valence-electron chi connectivity index (χ1n) is 25.4. The van der Waals surface area contributed by atoms with Gasteiger partial charge in [-0.2, -0.15) is 13.2 Å². The zero-order valence-electron chi connectivity index (χ0n) is 42.6. The Hall–Kier alpha value is -4.20. The molecule has 16 nitrogen and oxygen atoms in total. The monoisotopic (exact) mass is 1040 g/mol. The van der Waals surface area contributed by atoms with Crippen LogP contribution in [0.3, 0.4) is 0 Å². The number of nitrogens with zero attached hydrogens (tertiary/aromatic N) is 4. The fraction of sp³-hybridized carbons (Fsp3) is 0.740. The standard InChI is InChI=1S/C50H77Cl2F3N8O8/c1-8-36(59-48(70)49(50(53,54)55)21-13-10-14-22-49)42(64)57-38(17-11-16-24-63-25-27-71-28-26-63)46(68)61(6)40-18-12-15-23-60(5)45(67)37(9-2)56-44(66)41(31-33-30-34(51)19-20-35(33)52)62(7)47(69)39(29-32(3)4)58-43(40)65/h19-20,30,32,36-41H,8-18,21-29,31H2,1-7H3,(H,56,66)(H,57,64)(H,58,65)(H,59,70)/t36-,37+,38-,39-,40-,41-/m0/s1. The van der Waals surface area contributed by atoms with Gasteiger partial charge in [0.15, 0.2) is 0 Å². The number of carbonyl (C=O) groups excluding carboxylic acids is 7. The largest absolute Gasteiger partial charge is 0.403 e. The summed E-state index contributed by atoms with van der Waals surface area (Å²) in [6, 6.07) is -2.41. The normalized spacial score (nSPS) is 23.4. The molecule has 71 heavy (non-hydrogen) atoms. The molecule has 4 rings (SSSR count). The highest BCUT2D eigenvalue weighted by Gasteiger charge is 2.60. The summed E-state index contributed by atoms with van der Waals surface area (Å²) in [5.74, 6) is -5.16. The number of halogens is 5. The summed E-state index contributed by atoms with van der Waals surface area (Å²) in [4.78, 5) is 106. The van der Waals surface area contributed by atoms with E-state index in [1.54, 1.807) is 39.1 Å². The van der Waals surface area contributed by atoms with Crippen molar-refractivity contribution in [1.29, 1.82) is 0 Å². The average Bonchev–Trinajstić information content (AvgIpc) is 3.34. The van der Waals surface area contributed by atoms with Gasteiger partial charge in [0.25, 0.3) is 0 Å². The number of ether oxygens (including phenoxy) is 1. The number of carbonyl (C=O) groups is 7. The van der Waals surface area contributed by atoms with E-state index in [4.69, 9.17) is 27.9 Å². The number of morpholine rings is 1. The summed E-state index contributed by atoms with van der Waals surface area (Å²) in [6.07, 6.45) is -2.36. The lowest BCUT2D eigenvalue weighted by atomic mass is 9.72. The minimum absolute atomic E-state index is 0.0609. The van der Waals surface area contributed by atoms with Crippen LogP contribution in [0.1, 0.15) is 123 Å². The van der Waals surface area contributed by atoms with Crippen LogP contribution in [0.15, 0.2) is 18.2 Å². The zero-order chi connectivity index (χ0) is 52.6. The second-order valence-corrected chi connectivity index (χ2v) is 20.7. The fourth-order valence-corrected chi connectivity index (χ4v) is 10.1. The third-order valence-electron chi connectivity index (χ3n) is 14.2. The van der Waals surface area contributed by atoms with Crippen molar-refractivity contribution in [3.05, 3.63) is 33.8 Å². The molecule has 1 saturated carbocycles. The molecule has 6 atom stereocenters. The minimum Gasteiger partial charge on any atom is -0.379 e. The summed E-state index contributed by atoms with van der Waals surface area (Å²) in [5.41, 5.74) is -2.16. The summed E-state index contributed by atoms with van der Waals surface area (Å²) in [5, 5.41) is 11.5. The number of alkyl halides is 3. The topological polar surface area (TPSA) is 190 Å². The Morgan fingerprint density at radius 1 is 0.873 bits per heavy atom. The summed E-state index contributed by atoms with van der Waals surface area (Å²) < 4.78 is 49.1. The number of likely N-dealkylation sites (N-methyl/N-ethyl adjacent to an activating group) is 3. The van der Waals surface area contributed by atoms with Gasteiger partial charge in [-0.1, -0.05) is 70.2 Å². The minimum atomic E-state index is -4.84. The van der Waals surface area contributed by atoms with Gasteiger partial charge in [-0.05, 0) is 107 Å². The first-order chi connectivity index (χ1) is 33.5. The van der Waals surface area contributed by atoms with Gasteiger partial charge in [-0.3, -0.25) is 38.5 Å². The van der Waals surface area contributed by atoms with Crippen molar-refractivity contribution in [2.75, 3.05) is 60.5 Å². The van der Waals surface area contributed by atoms with Gasteiger partial charge >= 0.3 is 6.18 Å². The number of hydrogen-bond donors (Lipinski definition) is 4. The lowest BCUT2D eigenvalue weighted by Gasteiger charge is -2.38. The Balaban J connectivity index is 1.68. The molecule has 0 aromatic heterocycles. The molecule has 3 aliphatic rings. The first-order valence-corrected chi connectivity index (χ1v) is 26.1. The predicted octanol–water partition coefficient (Wildman–Crippen LogP) is 5.65. The van der Waals surface area contributed by atoms with E-state index in [-0.39, 0.29) is 69.7 Å². The van der Waals surface area contributed by atoms with Crippen LogP contribution in [0.5, 0.6) is 0 Å². The number of amides is 7. The van der Waals surface area contributed by atoms with Crippen LogP contribution in [0.2, 0.25) is 10.0 Å². The Morgan fingerprint density at radius 2 is 1.54 bits per heavy atom. The molecule has 400 valence electrons. The van der Waals surface area contributed by atoms with Gasteiger partial charge in [0.2, 0.25) is 41.4 Å². The number of benzene rings is 1. The van der Waals surface area contributed by atoms with Gasteiger partial charge < -0.3 is 40.7 Å². The van der Waals surface area contributed by atoms with Gasteiger partial charge in [0.05, 0.1) is 13.2 Å². The van der Waals surface area contributed by atoms with Crippen molar-refractivity contribution >= 4 is 64.6 Å². The van der Waals surface area contributed by atoms with Crippen molar-refractivity contribution in [3.8, 4) is 0 Å². The van der Waals surface area contributed by atoms with E-state index in [0.717, 1.165) is 13.1 Å². The molecule has 1 aromatic rings. The predicted molar refractivity (Wildman–Crippen MR) is 265 cm³/mol. The SMILES string of the molecule is CC[C@H](NC(=O)C1(C(F)(F)F)CCCCC1)C(=O)N[C@@H](CCCCN1CCOCC1)C(=O)N(C)[C@H]1CCCCN(C)C(=O)[C@@H](CC)NC(=O)[C@H](Cc2cc(Cl)ccc2Cl)N(C)C(=O)[C@H](CC(C)C)NC1=O. The highest BCUT2D eigenvalue weighted by Crippen LogP contribution is 2.49. The van der Waals surface area contributed by atoms with Crippen LogP contribution in [0, 0.1) is 11.3 Å². The lowest BCUT2D eigenvalue weighted by Crippen LogP contribution is -2.61. The van der Waals surface area contributed by atoms with Crippen molar-refractivity contribution in [3.63, 3.8) is 0 Å². The second kappa shape index (κ2) is 27.7. The molecule has 0 bridgehead atoms. The summed E-state index contributed by atoms with van der Waals surface area (Å²) >= 11 is 12.9. The van der Waals surface area contributed by atoms with E-state index in [1.807, 2.05) is 13.8 Å². The van der Waals surface area contributed by atoms with Crippen molar-refractivity contribution in [2.24, 2.45) is 11.3 Å². The molecule has 21 heteroatoms. The third-order valence-corrected chi connectivity index (χ3v) is 14.9. The molecule has 0 radical (unpaired) electrons. The second-order valence-electron chi connectivity index (χ2n) is 19.9. The molecule has 2 heterocycles. The third kappa shape index (κ3) is 16.4. The Morgan fingerprint density at radius 3 is 2.15 bits per heavy atom. The van der Waals surface area contributed by atoms with Crippen molar-refractivity contribution in [2.45, 2.75) is 166 Å². The van der Waals surface area contributed by atoms with E-state index in [1.165, 1.54) is 28.8 Å². The molecule has 1 aliphatic carbocycles. The number of nitrogens with one attached hydrogen (secondary N) is 4. The van der Waals surface area contributed by atoms with E-state index < -0.39 is 96.1 Å². The van der Waals surface area contributed by atoms with E-state index >= 15 is 0 Å². The summed E-state index contributed by atoms with van der Waals surface area (Å²) in [7, 11) is 4.47. The highest BCUT2D eigenvalue weighted by molar-refractivity contribution is 6.33. The van der Waals surface area contributed by atoms with Crippen LogP contribution < -0.4 is 21.3 Å². The van der Waals surface area contributed by atoms with Crippen LogP contribution in [0.25, 0.3) is 0 Å². The van der Waals surface area contributed by atoms with E-state index in [9.17, 15) is 46.7 Å². The quantitative estimate of drug-likeness (QED) is 0.143. The highest BCUT2D eigenvalue weighted by atomic mass is 35.5. The molecule has 3 fully saturated rings. The average molecular weight is 1050 g/mol. The van der Waals surface area contributed by atoms with Crippen molar-refractivity contribution < 1.29 is 51.5 Å². The maximum absolute atomic E-state index is 14.9. The zero-order valence-corrected chi connectivity index (χ0v) is 44.1. The smallest absolute Gasteiger partial charge is 0.379 e. The van der Waals surface area contributed by atoms with Crippen LogP contribution in [0.4, 0.5) is 13.2 Å². The first kappa shape index (κ1) is 59.4. The van der Waals surface area contributed by atoms with Gasteiger partial charge in [-0.25, -0.2) is 0 Å². The van der Waals surface area contributed by atoms with Gasteiger partial charge in [0, 0.05) is 57.2 Å². The summed E-state index contributed by atoms with van der Waals surface area (Å²) in [6.45, 7) is 10.6. The molecule has 0 spiro atoms. The number of rotatable bonds is 17. The maximum atomic E-state index is 14.9. The number of unbranched alkanes of at least 4 members (excludes halogenated alkanes) is 1. The van der Waals surface area contributed by atoms with Gasteiger partial charge in [-0.15, -0.1) is 0 Å². The Labute approximate surface area is 427 Å². The fourth-order valence-electron chi connectivity index (χ4n) is 9.73. The van der Waals surface area contributed by atoms with Crippen LogP contribution in [-0.4, -0.2) is 164 Å². The molecule has 2 saturated heterocycles. The van der Waals surface area contributed by atoms with Gasteiger partial charge in [0.1, 0.15) is 41.7 Å². The molecule has 7 amide bonds. The maximum Gasteiger partial charge on any atom is 0.403 e. The number of hydrogen-bond acceptors (Lipinski definition) is 9. The molecular formula is C50H77Cl2F3N8O8. The molecule has 2 aliphatic heterocycles. The van der Waals surface area contributed by atoms with E-state index in [0.29, 0.717) is 67.5 Å². The molecular weight excluding hydrogens is 968 g/mol. The molecule has 0 unspecified atom stereocenters. The lowest BCUT2D eigenvalue weighted by molar-refractivity contribution is -0.230.